The van der Waals surface area contributed by atoms with Gasteiger partial charge in [-0.1, -0.05) is 36.4 Å². The summed E-state index contributed by atoms with van der Waals surface area (Å²) in [5.74, 6) is -0.0446. The first-order chi connectivity index (χ1) is 11.8. The molecule has 1 heterocycles. The molecule has 0 aromatic heterocycles. The zero-order valence-electron chi connectivity index (χ0n) is 15.0. The van der Waals surface area contributed by atoms with Crippen LogP contribution in [0.3, 0.4) is 0 Å². The van der Waals surface area contributed by atoms with E-state index in [4.69, 9.17) is 9.47 Å². The van der Waals surface area contributed by atoms with Crippen molar-refractivity contribution in [3.8, 4) is 0 Å². The summed E-state index contributed by atoms with van der Waals surface area (Å²) in [5.41, 5.74) is 0.361. The minimum Gasteiger partial charge on any atom is -0.445 e. The molecule has 136 valence electrons. The van der Waals surface area contributed by atoms with E-state index in [2.05, 4.69) is 11.9 Å². The molecule has 6 heteroatoms. The van der Waals surface area contributed by atoms with Gasteiger partial charge in [-0.3, -0.25) is 0 Å². The summed E-state index contributed by atoms with van der Waals surface area (Å²) in [6, 6.07) is 9.26. The quantitative estimate of drug-likeness (QED) is 0.849. The Bertz CT molecular complexity index is 610. The van der Waals surface area contributed by atoms with Crippen LogP contribution < -0.4 is 5.32 Å². The van der Waals surface area contributed by atoms with Crippen molar-refractivity contribution in [3.63, 3.8) is 0 Å². The summed E-state index contributed by atoms with van der Waals surface area (Å²) in [5, 5.41) is 2.81. The summed E-state index contributed by atoms with van der Waals surface area (Å²) < 4.78 is 10.6. The number of nitrogens with zero attached hydrogens (tertiary/aromatic N) is 1. The number of alkyl carbamates (subject to hydrolysis) is 1. The number of rotatable bonds is 4. The number of carbonyl (C=O) groups excluding carboxylic acids is 2. The Morgan fingerprint density at radius 1 is 1.28 bits per heavy atom. The molecule has 1 aliphatic rings. The highest BCUT2D eigenvalue weighted by Crippen LogP contribution is 2.20. The Morgan fingerprint density at radius 2 is 1.96 bits per heavy atom. The van der Waals surface area contributed by atoms with Gasteiger partial charge >= 0.3 is 12.2 Å². The lowest BCUT2D eigenvalue weighted by Crippen LogP contribution is -2.43. The van der Waals surface area contributed by atoms with Crippen molar-refractivity contribution in [1.82, 2.24) is 10.2 Å². The second kappa shape index (κ2) is 8.05. The van der Waals surface area contributed by atoms with Gasteiger partial charge in [0.05, 0.1) is 6.04 Å². The van der Waals surface area contributed by atoms with Gasteiger partial charge in [-0.2, -0.15) is 0 Å². The van der Waals surface area contributed by atoms with E-state index in [1.54, 1.807) is 31.7 Å². The smallest absolute Gasteiger partial charge is 0.410 e. The highest BCUT2D eigenvalue weighted by Gasteiger charge is 2.36. The summed E-state index contributed by atoms with van der Waals surface area (Å²) in [6.45, 7) is 10.2. The maximum atomic E-state index is 12.3. The van der Waals surface area contributed by atoms with Crippen molar-refractivity contribution >= 4 is 12.2 Å². The highest BCUT2D eigenvalue weighted by atomic mass is 16.6. The summed E-state index contributed by atoms with van der Waals surface area (Å²) in [7, 11) is 0. The van der Waals surface area contributed by atoms with Crippen LogP contribution in [0.5, 0.6) is 0 Å². The molecule has 1 aliphatic heterocycles. The van der Waals surface area contributed by atoms with E-state index < -0.39 is 17.8 Å². The number of hydrogen-bond acceptors (Lipinski definition) is 4. The summed E-state index contributed by atoms with van der Waals surface area (Å²) in [6.07, 6.45) is 0.847. The van der Waals surface area contributed by atoms with Gasteiger partial charge < -0.3 is 19.7 Å². The number of amides is 2. The van der Waals surface area contributed by atoms with Crippen LogP contribution in [0.4, 0.5) is 9.59 Å². The molecule has 1 aromatic carbocycles. The predicted molar refractivity (Wildman–Crippen MR) is 95.0 cm³/mol. The lowest BCUT2D eigenvalue weighted by molar-refractivity contribution is 0.0497. The van der Waals surface area contributed by atoms with Crippen LogP contribution in [0.15, 0.2) is 43.0 Å². The van der Waals surface area contributed by atoms with Crippen LogP contribution in [0.1, 0.15) is 26.3 Å². The molecule has 0 spiro atoms. The van der Waals surface area contributed by atoms with Crippen LogP contribution in [-0.2, 0) is 16.1 Å². The number of benzene rings is 1. The summed E-state index contributed by atoms with van der Waals surface area (Å²) >= 11 is 0. The van der Waals surface area contributed by atoms with Crippen molar-refractivity contribution in [2.75, 3.05) is 13.1 Å². The molecule has 0 radical (unpaired) electrons. The lowest BCUT2D eigenvalue weighted by atomic mass is 10.0. The van der Waals surface area contributed by atoms with Gasteiger partial charge in [-0.25, -0.2) is 9.59 Å². The van der Waals surface area contributed by atoms with Crippen molar-refractivity contribution in [3.05, 3.63) is 48.6 Å². The van der Waals surface area contributed by atoms with Crippen molar-refractivity contribution in [2.24, 2.45) is 5.92 Å². The second-order valence-electron chi connectivity index (χ2n) is 7.10. The molecule has 0 bridgehead atoms. The van der Waals surface area contributed by atoms with Crippen LogP contribution >= 0.6 is 0 Å². The lowest BCUT2D eigenvalue weighted by Gasteiger charge is -2.23. The van der Waals surface area contributed by atoms with Crippen LogP contribution in [0, 0.1) is 5.92 Å². The molecule has 6 nitrogen and oxygen atoms in total. The van der Waals surface area contributed by atoms with Crippen LogP contribution in [-0.4, -0.2) is 41.8 Å². The maximum absolute atomic E-state index is 12.3. The van der Waals surface area contributed by atoms with Gasteiger partial charge in [0.15, 0.2) is 0 Å². The van der Waals surface area contributed by atoms with Gasteiger partial charge in [0.25, 0.3) is 0 Å². The molecule has 1 unspecified atom stereocenters. The largest absolute Gasteiger partial charge is 0.445 e. The van der Waals surface area contributed by atoms with Gasteiger partial charge in [-0.05, 0) is 26.3 Å². The average Bonchev–Trinajstić information content (AvgIpc) is 2.94. The van der Waals surface area contributed by atoms with Gasteiger partial charge in [0.1, 0.15) is 12.2 Å². The molecule has 1 fully saturated rings. The zero-order valence-corrected chi connectivity index (χ0v) is 15.0. The minimum atomic E-state index is -0.569. The molecule has 1 aromatic rings. The van der Waals surface area contributed by atoms with Gasteiger partial charge in [0, 0.05) is 19.0 Å². The predicted octanol–water partition coefficient (Wildman–Crippen LogP) is 3.33. The van der Waals surface area contributed by atoms with Crippen LogP contribution in [0.25, 0.3) is 0 Å². The molecule has 0 aliphatic carbocycles. The average molecular weight is 346 g/mol. The van der Waals surface area contributed by atoms with E-state index in [1.807, 2.05) is 30.3 Å². The Balaban J connectivity index is 1.88. The third-order valence-electron chi connectivity index (χ3n) is 3.83. The molecule has 2 amide bonds. The van der Waals surface area contributed by atoms with E-state index in [0.717, 1.165) is 5.56 Å². The van der Waals surface area contributed by atoms with Crippen molar-refractivity contribution in [2.45, 2.75) is 39.0 Å². The number of hydrogen-bond donors (Lipinski definition) is 1. The van der Waals surface area contributed by atoms with E-state index in [1.165, 1.54) is 0 Å². The molecular weight excluding hydrogens is 320 g/mol. The third kappa shape index (κ3) is 5.81. The normalized spacial score (nSPS) is 20.0. The Labute approximate surface area is 148 Å². The highest BCUT2D eigenvalue weighted by molar-refractivity contribution is 5.70. The van der Waals surface area contributed by atoms with Gasteiger partial charge in [-0.15, -0.1) is 6.58 Å². The number of likely N-dealkylation sites (tertiary alicyclic amines) is 1. The van der Waals surface area contributed by atoms with Crippen molar-refractivity contribution < 1.29 is 19.1 Å². The SMILES string of the molecule is C=CC1CN(C(=O)OCc2ccccc2)C[C@H]1NC(=O)OC(C)(C)C. The first-order valence-corrected chi connectivity index (χ1v) is 8.36. The molecule has 0 saturated carbocycles. The molecule has 25 heavy (non-hydrogen) atoms. The minimum absolute atomic E-state index is 0.0446. The second-order valence-corrected chi connectivity index (χ2v) is 7.10. The van der Waals surface area contributed by atoms with Crippen LogP contribution in [0.2, 0.25) is 0 Å². The topological polar surface area (TPSA) is 67.9 Å². The molecule has 1 N–H and O–H groups in total. The molecule has 2 atom stereocenters. The molecule has 2 rings (SSSR count). The van der Waals surface area contributed by atoms with E-state index >= 15 is 0 Å². The summed E-state index contributed by atoms with van der Waals surface area (Å²) in [4.78, 5) is 25.8. The van der Waals surface area contributed by atoms with E-state index in [-0.39, 0.29) is 18.6 Å². The number of ether oxygens (including phenoxy) is 2. The number of nitrogens with one attached hydrogen (secondary N) is 1. The first-order valence-electron chi connectivity index (χ1n) is 8.36. The Kier molecular flexibility index (Phi) is 6.07. The van der Waals surface area contributed by atoms with E-state index in [0.29, 0.717) is 13.1 Å². The van der Waals surface area contributed by atoms with E-state index in [9.17, 15) is 9.59 Å². The third-order valence-corrected chi connectivity index (χ3v) is 3.83. The maximum Gasteiger partial charge on any atom is 0.410 e. The number of carbonyl (C=O) groups is 2. The van der Waals surface area contributed by atoms with Gasteiger partial charge in [0.2, 0.25) is 0 Å². The Hall–Kier alpha value is -2.50. The standard InChI is InChI=1S/C19H26N2O4/c1-5-15-11-21(12-16(15)20-17(22)25-19(2,3)4)18(23)24-13-14-9-7-6-8-10-14/h5-10,15-16H,1,11-13H2,2-4H3,(H,20,22)/t15?,16-/m1/s1. The van der Waals surface area contributed by atoms with Crippen molar-refractivity contribution in [1.29, 1.82) is 0 Å². The fraction of sp³-hybridized carbons (Fsp3) is 0.474. The monoisotopic (exact) mass is 346 g/mol. The zero-order chi connectivity index (χ0) is 18.4. The fourth-order valence-corrected chi connectivity index (χ4v) is 2.64. The molecule has 1 saturated heterocycles. The molecular formula is C19H26N2O4. The first kappa shape index (κ1) is 18.8. The fourth-order valence-electron chi connectivity index (χ4n) is 2.64. The Morgan fingerprint density at radius 3 is 2.56 bits per heavy atom.